The topological polar surface area (TPSA) is 83.6 Å². The van der Waals surface area contributed by atoms with Crippen molar-refractivity contribution in [2.45, 2.75) is 11.6 Å². The molecule has 7 heteroatoms. The van der Waals surface area contributed by atoms with E-state index in [4.69, 9.17) is 0 Å². The van der Waals surface area contributed by atoms with Gasteiger partial charge in [-0.05, 0) is 5.56 Å². The Balaban J connectivity index is 1.55. The Kier molecular flexibility index (Phi) is 4.11. The molecule has 2 heterocycles. The van der Waals surface area contributed by atoms with E-state index in [1.165, 1.54) is 18.1 Å². The molecule has 0 bridgehead atoms. The number of thioether (sulfide) groups is 1. The minimum absolute atomic E-state index is 0.0323. The quantitative estimate of drug-likeness (QED) is 0.554. The first-order valence-corrected chi connectivity index (χ1v) is 7.39. The van der Waals surface area contributed by atoms with Crippen molar-refractivity contribution in [3.8, 4) is 0 Å². The van der Waals surface area contributed by atoms with Gasteiger partial charge >= 0.3 is 0 Å². The van der Waals surface area contributed by atoms with Crippen molar-refractivity contribution < 1.29 is 4.79 Å². The first-order valence-electron chi connectivity index (χ1n) is 6.40. The number of carbonyl (C=O) groups excluding carboxylic acids is 1. The van der Waals surface area contributed by atoms with Crippen LogP contribution in [0.4, 0.5) is 0 Å². The van der Waals surface area contributed by atoms with Gasteiger partial charge in [-0.3, -0.25) is 4.79 Å². The van der Waals surface area contributed by atoms with Crippen molar-refractivity contribution in [3.05, 3.63) is 48.5 Å². The Morgan fingerprint density at radius 1 is 1.19 bits per heavy atom. The molecular weight excluding hydrogens is 286 g/mol. The Morgan fingerprint density at radius 2 is 2.05 bits per heavy atom. The number of nitrogens with one attached hydrogen (secondary N) is 2. The van der Waals surface area contributed by atoms with Crippen LogP contribution in [0.2, 0.25) is 0 Å². The van der Waals surface area contributed by atoms with E-state index in [9.17, 15) is 4.79 Å². The van der Waals surface area contributed by atoms with E-state index in [2.05, 4.69) is 25.3 Å². The zero-order valence-electron chi connectivity index (χ0n) is 11.1. The minimum Gasteiger partial charge on any atom is -0.351 e. The molecule has 0 fully saturated rings. The number of carbonyl (C=O) groups is 1. The summed E-state index contributed by atoms with van der Waals surface area (Å²) in [5, 5.41) is 3.61. The summed E-state index contributed by atoms with van der Waals surface area (Å²) in [4.78, 5) is 27.1. The van der Waals surface area contributed by atoms with Gasteiger partial charge in [0.15, 0.2) is 5.65 Å². The SMILES string of the molecule is O=C(CSc1ncnc2nc[nH]c12)NCc1ccccc1. The van der Waals surface area contributed by atoms with E-state index < -0.39 is 0 Å². The van der Waals surface area contributed by atoms with Crippen molar-refractivity contribution in [1.29, 1.82) is 0 Å². The molecule has 0 saturated heterocycles. The van der Waals surface area contributed by atoms with E-state index >= 15 is 0 Å². The number of aromatic nitrogens is 4. The average Bonchev–Trinajstić information content (AvgIpc) is 3.01. The van der Waals surface area contributed by atoms with Crippen molar-refractivity contribution >= 4 is 28.8 Å². The molecule has 1 aromatic carbocycles. The number of hydrogen-bond acceptors (Lipinski definition) is 5. The largest absolute Gasteiger partial charge is 0.351 e. The maximum absolute atomic E-state index is 11.9. The summed E-state index contributed by atoms with van der Waals surface area (Å²) < 4.78 is 0. The third-order valence-corrected chi connectivity index (χ3v) is 3.85. The summed E-state index contributed by atoms with van der Waals surface area (Å²) in [6.45, 7) is 0.531. The van der Waals surface area contributed by atoms with Gasteiger partial charge in [-0.2, -0.15) is 0 Å². The molecule has 3 rings (SSSR count). The van der Waals surface area contributed by atoms with Gasteiger partial charge in [-0.1, -0.05) is 42.1 Å². The van der Waals surface area contributed by atoms with Crippen molar-refractivity contribution in [1.82, 2.24) is 25.3 Å². The predicted octanol–water partition coefficient (Wildman–Crippen LogP) is 1.76. The second-order valence-corrected chi connectivity index (χ2v) is 5.30. The summed E-state index contributed by atoms with van der Waals surface area (Å²) >= 11 is 1.36. The molecule has 21 heavy (non-hydrogen) atoms. The Morgan fingerprint density at radius 3 is 2.90 bits per heavy atom. The van der Waals surface area contributed by atoms with Crippen molar-refractivity contribution in [3.63, 3.8) is 0 Å². The molecule has 0 spiro atoms. The second kappa shape index (κ2) is 6.36. The number of imidazole rings is 1. The number of amides is 1. The van der Waals surface area contributed by atoms with Crippen LogP contribution in [0.25, 0.3) is 11.2 Å². The Labute approximate surface area is 125 Å². The number of nitrogens with zero attached hydrogens (tertiary/aromatic N) is 3. The average molecular weight is 299 g/mol. The molecule has 0 aliphatic carbocycles. The van der Waals surface area contributed by atoms with Crippen LogP contribution in [0.5, 0.6) is 0 Å². The first-order chi connectivity index (χ1) is 10.3. The standard InChI is InChI=1S/C14H13N5OS/c20-11(15-6-10-4-2-1-3-5-10)7-21-14-12-13(17-8-16-12)18-9-19-14/h1-5,8-9H,6-7H2,(H,15,20)(H,16,17,18,19). The summed E-state index contributed by atoms with van der Waals surface area (Å²) in [6.07, 6.45) is 3.02. The predicted molar refractivity (Wildman–Crippen MR) is 80.7 cm³/mol. The maximum Gasteiger partial charge on any atom is 0.230 e. The van der Waals surface area contributed by atoms with Crippen LogP contribution in [-0.2, 0) is 11.3 Å². The summed E-state index contributed by atoms with van der Waals surface area (Å²) in [7, 11) is 0. The molecule has 0 radical (unpaired) electrons. The van der Waals surface area contributed by atoms with E-state index in [-0.39, 0.29) is 5.91 Å². The van der Waals surface area contributed by atoms with Gasteiger partial charge in [0.2, 0.25) is 5.91 Å². The van der Waals surface area contributed by atoms with Crippen LogP contribution < -0.4 is 5.32 Å². The summed E-state index contributed by atoms with van der Waals surface area (Å²) in [5.74, 6) is 0.271. The smallest absolute Gasteiger partial charge is 0.230 e. The zero-order valence-corrected chi connectivity index (χ0v) is 11.9. The highest BCUT2D eigenvalue weighted by Gasteiger charge is 2.09. The monoisotopic (exact) mass is 299 g/mol. The van der Waals surface area contributed by atoms with Gasteiger partial charge in [-0.15, -0.1) is 0 Å². The van der Waals surface area contributed by atoms with E-state index in [0.717, 1.165) is 16.1 Å². The maximum atomic E-state index is 11.9. The fraction of sp³-hybridized carbons (Fsp3) is 0.143. The number of benzene rings is 1. The number of H-pyrrole nitrogens is 1. The molecule has 6 nitrogen and oxygen atoms in total. The molecule has 0 aliphatic heterocycles. The highest BCUT2D eigenvalue weighted by Crippen LogP contribution is 2.21. The first kappa shape index (κ1) is 13.6. The van der Waals surface area contributed by atoms with Gasteiger partial charge in [0.05, 0.1) is 12.1 Å². The van der Waals surface area contributed by atoms with Crippen LogP contribution in [0, 0.1) is 0 Å². The van der Waals surface area contributed by atoms with Gasteiger partial charge in [0.1, 0.15) is 16.9 Å². The molecule has 2 N–H and O–H groups in total. The fourth-order valence-corrected chi connectivity index (χ4v) is 2.62. The number of aromatic amines is 1. The second-order valence-electron chi connectivity index (χ2n) is 4.33. The lowest BCUT2D eigenvalue weighted by Crippen LogP contribution is -2.24. The van der Waals surface area contributed by atoms with Crippen LogP contribution in [-0.4, -0.2) is 31.6 Å². The van der Waals surface area contributed by atoms with Crippen molar-refractivity contribution in [2.24, 2.45) is 0 Å². The molecule has 3 aromatic rings. The lowest BCUT2D eigenvalue weighted by atomic mass is 10.2. The summed E-state index contributed by atoms with van der Waals surface area (Å²) in [6, 6.07) is 9.81. The highest BCUT2D eigenvalue weighted by molar-refractivity contribution is 8.00. The third kappa shape index (κ3) is 3.38. The molecule has 0 atom stereocenters. The molecule has 2 aromatic heterocycles. The number of fused-ring (bicyclic) bond motifs is 1. The van der Waals surface area contributed by atoms with Gasteiger partial charge < -0.3 is 10.3 Å². The summed E-state index contributed by atoms with van der Waals surface area (Å²) in [5.41, 5.74) is 2.45. The molecule has 1 amide bonds. The van der Waals surface area contributed by atoms with Crippen LogP contribution in [0.1, 0.15) is 5.56 Å². The molecule has 0 aliphatic rings. The molecule has 0 unspecified atom stereocenters. The molecule has 106 valence electrons. The van der Waals surface area contributed by atoms with Gasteiger partial charge in [-0.25, -0.2) is 15.0 Å². The molecular formula is C14H13N5OS. The highest BCUT2D eigenvalue weighted by atomic mass is 32.2. The lowest BCUT2D eigenvalue weighted by molar-refractivity contribution is -0.118. The van der Waals surface area contributed by atoms with Gasteiger partial charge in [0, 0.05) is 6.54 Å². The minimum atomic E-state index is -0.0323. The van der Waals surface area contributed by atoms with Crippen LogP contribution >= 0.6 is 11.8 Å². The van der Waals surface area contributed by atoms with E-state index in [1.807, 2.05) is 30.3 Å². The van der Waals surface area contributed by atoms with E-state index in [1.54, 1.807) is 6.33 Å². The Hall–Kier alpha value is -2.41. The normalized spacial score (nSPS) is 10.7. The Bertz CT molecular complexity index is 743. The zero-order chi connectivity index (χ0) is 14.5. The van der Waals surface area contributed by atoms with Crippen LogP contribution in [0.3, 0.4) is 0 Å². The van der Waals surface area contributed by atoms with Crippen LogP contribution in [0.15, 0.2) is 48.0 Å². The third-order valence-electron chi connectivity index (χ3n) is 2.86. The lowest BCUT2D eigenvalue weighted by Gasteiger charge is -2.05. The fourth-order valence-electron chi connectivity index (χ4n) is 1.83. The molecule has 0 saturated carbocycles. The number of rotatable bonds is 5. The van der Waals surface area contributed by atoms with Crippen molar-refractivity contribution in [2.75, 3.05) is 5.75 Å². The van der Waals surface area contributed by atoms with Gasteiger partial charge in [0.25, 0.3) is 0 Å². The number of hydrogen-bond donors (Lipinski definition) is 2. The van der Waals surface area contributed by atoms with E-state index in [0.29, 0.717) is 17.9 Å².